The second-order valence-corrected chi connectivity index (χ2v) is 6.48. The number of ether oxygens (including phenoxy) is 1. The lowest BCUT2D eigenvalue weighted by atomic mass is 9.87. The topological polar surface area (TPSA) is 49.8 Å². The van der Waals surface area contributed by atoms with E-state index in [-0.39, 0.29) is 18.1 Å². The van der Waals surface area contributed by atoms with Crippen LogP contribution in [-0.4, -0.2) is 41.4 Å². The smallest absolute Gasteiger partial charge is 0.410 e. The molecule has 0 saturated carbocycles. The van der Waals surface area contributed by atoms with Crippen molar-refractivity contribution in [2.75, 3.05) is 13.1 Å². The molecular weight excluding hydrogens is 334 g/mol. The van der Waals surface area contributed by atoms with Gasteiger partial charge in [0, 0.05) is 16.9 Å². The lowest BCUT2D eigenvalue weighted by Gasteiger charge is -2.36. The summed E-state index contributed by atoms with van der Waals surface area (Å²) in [6, 6.07) is 7.99. The first-order valence-electron chi connectivity index (χ1n) is 7.40. The highest BCUT2D eigenvalue weighted by molar-refractivity contribution is 9.10. The number of hydrogen-bond donors (Lipinski definition) is 1. The van der Waals surface area contributed by atoms with Crippen LogP contribution in [0.25, 0.3) is 0 Å². The van der Waals surface area contributed by atoms with E-state index in [0.29, 0.717) is 13.1 Å². The van der Waals surface area contributed by atoms with Crippen molar-refractivity contribution in [1.29, 1.82) is 0 Å². The summed E-state index contributed by atoms with van der Waals surface area (Å²) in [6.07, 6.45) is 0.586. The minimum absolute atomic E-state index is 0.0748. The van der Waals surface area contributed by atoms with Gasteiger partial charge in [-0.1, -0.05) is 35.0 Å². The van der Waals surface area contributed by atoms with E-state index in [1.165, 1.54) is 0 Å². The van der Waals surface area contributed by atoms with Crippen LogP contribution >= 0.6 is 15.9 Å². The third-order valence-corrected chi connectivity index (χ3v) is 4.54. The fraction of sp³-hybridized carbons (Fsp3) is 0.562. The third kappa shape index (κ3) is 4.20. The molecule has 0 bridgehead atoms. The molecule has 3 unspecified atom stereocenters. The van der Waals surface area contributed by atoms with Gasteiger partial charge in [-0.3, -0.25) is 0 Å². The van der Waals surface area contributed by atoms with Crippen molar-refractivity contribution < 1.29 is 14.6 Å². The number of aliphatic hydroxyl groups is 1. The second-order valence-electron chi connectivity index (χ2n) is 5.56. The Kier molecular flexibility index (Phi) is 5.65. The van der Waals surface area contributed by atoms with Crippen LogP contribution in [0.15, 0.2) is 28.7 Å². The molecule has 21 heavy (non-hydrogen) atoms. The van der Waals surface area contributed by atoms with Gasteiger partial charge in [0.05, 0.1) is 12.6 Å². The summed E-state index contributed by atoms with van der Waals surface area (Å²) in [5, 5.41) is 10.3. The lowest BCUT2D eigenvalue weighted by Crippen LogP contribution is -2.46. The van der Waals surface area contributed by atoms with E-state index in [0.717, 1.165) is 22.9 Å². The summed E-state index contributed by atoms with van der Waals surface area (Å²) in [7, 11) is 0. The molecule has 1 fully saturated rings. The summed E-state index contributed by atoms with van der Waals surface area (Å²) in [5.41, 5.74) is 1.11. The molecule has 1 aliphatic rings. The number of rotatable bonds is 3. The van der Waals surface area contributed by atoms with Crippen molar-refractivity contribution in [2.24, 2.45) is 0 Å². The second kappa shape index (κ2) is 7.27. The number of nitrogens with zero attached hydrogens (tertiary/aromatic N) is 1. The third-order valence-electron chi connectivity index (χ3n) is 4.02. The van der Waals surface area contributed by atoms with E-state index in [2.05, 4.69) is 15.9 Å². The van der Waals surface area contributed by atoms with Crippen molar-refractivity contribution in [3.63, 3.8) is 0 Å². The van der Waals surface area contributed by atoms with E-state index in [9.17, 15) is 9.90 Å². The van der Waals surface area contributed by atoms with E-state index in [1.807, 2.05) is 38.1 Å². The maximum absolute atomic E-state index is 12.0. The highest BCUT2D eigenvalue weighted by Crippen LogP contribution is 2.29. The molecular formula is C16H22BrNO3. The standard InChI is InChI=1S/C16H22BrNO3/c1-3-11(2)21-16(20)18-9-8-14(15(19)10-18)12-4-6-13(17)7-5-12/h4-7,11,14-15,19H,3,8-10H2,1-2H3. The number of amides is 1. The first-order valence-corrected chi connectivity index (χ1v) is 8.19. The molecule has 1 aliphatic heterocycles. The molecule has 1 saturated heterocycles. The molecule has 0 spiro atoms. The Hall–Kier alpha value is -1.07. The van der Waals surface area contributed by atoms with Crippen molar-refractivity contribution in [3.8, 4) is 0 Å². The number of β-amino-alcohol motifs (C(OH)–C–C–N with tert-alkyl or cyclic N) is 1. The molecule has 0 aromatic heterocycles. The Bertz CT molecular complexity index is 477. The zero-order chi connectivity index (χ0) is 15.4. The van der Waals surface area contributed by atoms with Crippen LogP contribution in [0, 0.1) is 0 Å². The van der Waals surface area contributed by atoms with Gasteiger partial charge in [-0.15, -0.1) is 0 Å². The number of halogens is 1. The summed E-state index contributed by atoms with van der Waals surface area (Å²) in [6.45, 7) is 4.80. The summed E-state index contributed by atoms with van der Waals surface area (Å²) >= 11 is 3.41. The number of benzene rings is 1. The number of carbonyl (C=O) groups is 1. The predicted molar refractivity (Wildman–Crippen MR) is 85.3 cm³/mol. The van der Waals surface area contributed by atoms with Crippen LogP contribution in [0.5, 0.6) is 0 Å². The fourth-order valence-corrected chi connectivity index (χ4v) is 2.79. The fourth-order valence-electron chi connectivity index (χ4n) is 2.53. The van der Waals surface area contributed by atoms with Gasteiger partial charge in [0.1, 0.15) is 6.10 Å². The number of piperidine rings is 1. The van der Waals surface area contributed by atoms with Gasteiger partial charge in [-0.2, -0.15) is 0 Å². The van der Waals surface area contributed by atoms with Crippen molar-refractivity contribution in [1.82, 2.24) is 4.90 Å². The molecule has 2 rings (SSSR count). The Morgan fingerprint density at radius 3 is 2.71 bits per heavy atom. The van der Waals surface area contributed by atoms with E-state index in [1.54, 1.807) is 4.90 Å². The van der Waals surface area contributed by atoms with Gasteiger partial charge >= 0.3 is 6.09 Å². The molecule has 1 amide bonds. The average Bonchev–Trinajstić information content (AvgIpc) is 2.48. The van der Waals surface area contributed by atoms with Crippen LogP contribution in [-0.2, 0) is 4.74 Å². The van der Waals surface area contributed by atoms with Crippen molar-refractivity contribution >= 4 is 22.0 Å². The molecule has 116 valence electrons. The first-order chi connectivity index (χ1) is 10.0. The van der Waals surface area contributed by atoms with Crippen LogP contribution in [0.1, 0.15) is 38.2 Å². The molecule has 0 aliphatic carbocycles. The largest absolute Gasteiger partial charge is 0.446 e. The first kappa shape index (κ1) is 16.3. The molecule has 1 aromatic rings. The van der Waals surface area contributed by atoms with Gasteiger partial charge in [0.15, 0.2) is 0 Å². The molecule has 5 heteroatoms. The molecule has 1 N–H and O–H groups in total. The van der Waals surface area contributed by atoms with E-state index < -0.39 is 6.10 Å². The normalized spacial score (nSPS) is 23.7. The molecule has 1 aromatic carbocycles. The highest BCUT2D eigenvalue weighted by Gasteiger charge is 2.32. The predicted octanol–water partition coefficient (Wildman–Crippen LogP) is 3.53. The van der Waals surface area contributed by atoms with Crippen molar-refractivity contribution in [2.45, 2.75) is 44.8 Å². The highest BCUT2D eigenvalue weighted by atomic mass is 79.9. The number of hydrogen-bond acceptors (Lipinski definition) is 3. The summed E-state index contributed by atoms with van der Waals surface area (Å²) in [4.78, 5) is 13.6. The Morgan fingerprint density at radius 2 is 2.14 bits per heavy atom. The number of carbonyl (C=O) groups excluding carboxylic acids is 1. The number of likely N-dealkylation sites (tertiary alicyclic amines) is 1. The zero-order valence-electron chi connectivity index (χ0n) is 12.5. The number of aliphatic hydroxyl groups excluding tert-OH is 1. The zero-order valence-corrected chi connectivity index (χ0v) is 14.0. The average molecular weight is 356 g/mol. The van der Waals surface area contributed by atoms with Crippen LogP contribution in [0.4, 0.5) is 4.79 Å². The summed E-state index contributed by atoms with van der Waals surface area (Å²) < 4.78 is 6.34. The van der Waals surface area contributed by atoms with Crippen LogP contribution < -0.4 is 0 Å². The van der Waals surface area contributed by atoms with Gasteiger partial charge in [-0.25, -0.2) is 4.79 Å². The molecule has 0 radical (unpaired) electrons. The van der Waals surface area contributed by atoms with Crippen LogP contribution in [0.3, 0.4) is 0 Å². The van der Waals surface area contributed by atoms with Gasteiger partial charge < -0.3 is 14.7 Å². The molecule has 1 heterocycles. The molecule has 3 atom stereocenters. The van der Waals surface area contributed by atoms with E-state index in [4.69, 9.17) is 4.74 Å². The maximum atomic E-state index is 12.0. The SMILES string of the molecule is CCC(C)OC(=O)N1CCC(c2ccc(Br)cc2)C(O)C1. The van der Waals surface area contributed by atoms with Crippen molar-refractivity contribution in [3.05, 3.63) is 34.3 Å². The van der Waals surface area contributed by atoms with E-state index >= 15 is 0 Å². The Morgan fingerprint density at radius 1 is 1.48 bits per heavy atom. The molecule has 4 nitrogen and oxygen atoms in total. The van der Waals surface area contributed by atoms with Gasteiger partial charge in [-0.05, 0) is 37.5 Å². The van der Waals surface area contributed by atoms with Gasteiger partial charge in [0.25, 0.3) is 0 Å². The Balaban J connectivity index is 1.95. The quantitative estimate of drug-likeness (QED) is 0.901. The minimum Gasteiger partial charge on any atom is -0.446 e. The maximum Gasteiger partial charge on any atom is 0.410 e. The lowest BCUT2D eigenvalue weighted by molar-refractivity contribution is 0.0229. The monoisotopic (exact) mass is 355 g/mol. The summed E-state index contributed by atoms with van der Waals surface area (Å²) in [5.74, 6) is 0.0748. The minimum atomic E-state index is -0.551. The Labute approximate surface area is 134 Å². The van der Waals surface area contributed by atoms with Gasteiger partial charge in [0.2, 0.25) is 0 Å². The van der Waals surface area contributed by atoms with Crippen LogP contribution in [0.2, 0.25) is 0 Å².